The van der Waals surface area contributed by atoms with Gasteiger partial charge in [-0.05, 0) is 19.9 Å². The van der Waals surface area contributed by atoms with Gasteiger partial charge in [0, 0.05) is 13.1 Å². The number of hydrogen-bond acceptors (Lipinski definition) is 6. The number of aromatic nitrogens is 2. The van der Waals surface area contributed by atoms with Gasteiger partial charge in [0.25, 0.3) is 0 Å². The highest BCUT2D eigenvalue weighted by Crippen LogP contribution is 2.25. The van der Waals surface area contributed by atoms with Gasteiger partial charge < -0.3 is 9.64 Å². The first-order chi connectivity index (χ1) is 8.19. The molecule has 0 radical (unpaired) electrons. The summed E-state index contributed by atoms with van der Waals surface area (Å²) < 4.78 is 5.77. The summed E-state index contributed by atoms with van der Waals surface area (Å²) in [5, 5.41) is 0.405. The smallest absolute Gasteiger partial charge is 0.240 e. The molecule has 2 heterocycles. The second-order valence-electron chi connectivity index (χ2n) is 4.11. The maximum atomic E-state index is 5.97. The van der Waals surface area contributed by atoms with E-state index in [2.05, 4.69) is 27.3 Å². The second kappa shape index (κ2) is 5.48. The Labute approximate surface area is 105 Å². The van der Waals surface area contributed by atoms with Gasteiger partial charge in [0.1, 0.15) is 11.1 Å². The van der Waals surface area contributed by atoms with E-state index in [0.29, 0.717) is 16.9 Å². The number of anilines is 1. The van der Waals surface area contributed by atoms with E-state index < -0.39 is 0 Å². The van der Waals surface area contributed by atoms with Crippen LogP contribution in [0.5, 0.6) is 5.88 Å². The molecule has 7 heteroatoms. The van der Waals surface area contributed by atoms with Crippen molar-refractivity contribution in [1.29, 1.82) is 0 Å². The Morgan fingerprint density at radius 2 is 2.24 bits per heavy atom. The van der Waals surface area contributed by atoms with Crippen molar-refractivity contribution in [3.63, 3.8) is 0 Å². The number of nitrogens with two attached hydrogens (primary N) is 1. The van der Waals surface area contributed by atoms with Gasteiger partial charge in [-0.25, -0.2) is 10.8 Å². The summed E-state index contributed by atoms with van der Waals surface area (Å²) in [4.78, 5) is 10.3. The molecule has 0 unspecified atom stereocenters. The third kappa shape index (κ3) is 3.18. The Balaban J connectivity index is 2.02. The number of hydrogen-bond donors (Lipinski definition) is 2. The summed E-state index contributed by atoms with van der Waals surface area (Å²) in [6.07, 6.45) is 3.59. The van der Waals surface area contributed by atoms with Crippen LogP contribution in [0.1, 0.15) is 12.8 Å². The number of nitrogens with one attached hydrogen (secondary N) is 1. The van der Waals surface area contributed by atoms with Crippen LogP contribution in [0.3, 0.4) is 0 Å². The van der Waals surface area contributed by atoms with Crippen molar-refractivity contribution < 1.29 is 4.74 Å². The van der Waals surface area contributed by atoms with Gasteiger partial charge in [0.05, 0.1) is 6.20 Å². The fourth-order valence-corrected chi connectivity index (χ4v) is 1.90. The highest BCUT2D eigenvalue weighted by molar-refractivity contribution is 6.31. The predicted octanol–water partition coefficient (Wildman–Crippen LogP) is 0.889. The number of nitrogens with zero attached hydrogens (tertiary/aromatic N) is 3. The highest BCUT2D eigenvalue weighted by Gasteiger charge is 2.20. The van der Waals surface area contributed by atoms with Gasteiger partial charge in [-0.2, -0.15) is 4.98 Å². The molecule has 0 bridgehead atoms. The standard InChI is InChI=1S/C10H16ClN5O/c1-16-4-2-7(3-5-16)17-9-8(11)6-13-10(14-9)15-12/h6-7H,2-5,12H2,1H3,(H,13,14,15). The largest absolute Gasteiger partial charge is 0.473 e. The van der Waals surface area contributed by atoms with Crippen LogP contribution < -0.4 is 16.0 Å². The van der Waals surface area contributed by atoms with Crippen LogP contribution >= 0.6 is 11.6 Å². The third-order valence-corrected chi connectivity index (χ3v) is 3.04. The number of ether oxygens (including phenoxy) is 1. The maximum absolute atomic E-state index is 5.97. The zero-order valence-corrected chi connectivity index (χ0v) is 10.4. The lowest BCUT2D eigenvalue weighted by Gasteiger charge is -2.29. The van der Waals surface area contributed by atoms with Crippen LogP contribution in [-0.4, -0.2) is 41.1 Å². The summed E-state index contributed by atoms with van der Waals surface area (Å²) in [5.74, 6) is 5.94. The zero-order valence-electron chi connectivity index (χ0n) is 9.69. The minimum Gasteiger partial charge on any atom is -0.473 e. The Morgan fingerprint density at radius 1 is 1.53 bits per heavy atom. The van der Waals surface area contributed by atoms with E-state index in [1.807, 2.05) is 0 Å². The van der Waals surface area contributed by atoms with Gasteiger partial charge in [0.15, 0.2) is 0 Å². The quantitative estimate of drug-likeness (QED) is 0.619. The van der Waals surface area contributed by atoms with Crippen LogP contribution in [0.25, 0.3) is 0 Å². The van der Waals surface area contributed by atoms with E-state index in [4.69, 9.17) is 22.2 Å². The average molecular weight is 258 g/mol. The number of piperidine rings is 1. The summed E-state index contributed by atoms with van der Waals surface area (Å²) >= 11 is 5.97. The fourth-order valence-electron chi connectivity index (χ4n) is 1.76. The molecular weight excluding hydrogens is 242 g/mol. The maximum Gasteiger partial charge on any atom is 0.240 e. The first-order valence-electron chi connectivity index (χ1n) is 5.53. The SMILES string of the molecule is CN1CCC(Oc2nc(NN)ncc2Cl)CC1. The van der Waals surface area contributed by atoms with Gasteiger partial charge in [-0.1, -0.05) is 11.6 Å². The first-order valence-corrected chi connectivity index (χ1v) is 5.91. The normalized spacial score (nSPS) is 18.1. The topological polar surface area (TPSA) is 76.3 Å². The summed E-state index contributed by atoms with van der Waals surface area (Å²) in [6, 6.07) is 0. The molecule has 1 saturated heterocycles. The van der Waals surface area contributed by atoms with Crippen LogP contribution in [0.15, 0.2) is 6.20 Å². The number of rotatable bonds is 3. The average Bonchev–Trinajstić information content (AvgIpc) is 2.35. The molecule has 1 aliphatic rings. The summed E-state index contributed by atoms with van der Waals surface area (Å²) in [7, 11) is 2.10. The van der Waals surface area contributed by atoms with Crippen LogP contribution in [-0.2, 0) is 0 Å². The van der Waals surface area contributed by atoms with Crippen molar-refractivity contribution in [2.75, 3.05) is 25.6 Å². The number of hydrazine groups is 1. The van der Waals surface area contributed by atoms with E-state index in [-0.39, 0.29) is 6.10 Å². The summed E-state index contributed by atoms with van der Waals surface area (Å²) in [5.41, 5.74) is 2.37. The molecule has 1 fully saturated rings. The van der Waals surface area contributed by atoms with Crippen molar-refractivity contribution in [2.24, 2.45) is 5.84 Å². The van der Waals surface area contributed by atoms with Gasteiger partial charge in [-0.15, -0.1) is 0 Å². The molecule has 0 saturated carbocycles. The van der Waals surface area contributed by atoms with Crippen molar-refractivity contribution in [1.82, 2.24) is 14.9 Å². The Morgan fingerprint density at radius 3 is 2.88 bits per heavy atom. The molecule has 3 N–H and O–H groups in total. The van der Waals surface area contributed by atoms with E-state index in [0.717, 1.165) is 25.9 Å². The van der Waals surface area contributed by atoms with Gasteiger partial charge in [0.2, 0.25) is 11.8 Å². The molecule has 2 rings (SSSR count). The molecule has 0 aliphatic carbocycles. The second-order valence-corrected chi connectivity index (χ2v) is 4.52. The van der Waals surface area contributed by atoms with E-state index in [9.17, 15) is 0 Å². The lowest BCUT2D eigenvalue weighted by Crippen LogP contribution is -2.35. The number of halogens is 1. The van der Waals surface area contributed by atoms with E-state index in [1.165, 1.54) is 6.20 Å². The minimum atomic E-state index is 0.157. The van der Waals surface area contributed by atoms with Crippen molar-refractivity contribution in [3.8, 4) is 5.88 Å². The molecule has 6 nitrogen and oxygen atoms in total. The molecule has 94 valence electrons. The van der Waals surface area contributed by atoms with Crippen molar-refractivity contribution in [2.45, 2.75) is 18.9 Å². The van der Waals surface area contributed by atoms with Crippen LogP contribution in [0, 0.1) is 0 Å². The lowest BCUT2D eigenvalue weighted by atomic mass is 10.1. The molecular formula is C10H16ClN5O. The van der Waals surface area contributed by atoms with Gasteiger partial charge in [-0.3, -0.25) is 5.43 Å². The van der Waals surface area contributed by atoms with Crippen LogP contribution in [0.2, 0.25) is 5.02 Å². The zero-order chi connectivity index (χ0) is 12.3. The van der Waals surface area contributed by atoms with Crippen molar-refractivity contribution in [3.05, 3.63) is 11.2 Å². The molecule has 1 aromatic rings. The fraction of sp³-hybridized carbons (Fsp3) is 0.600. The summed E-state index contributed by atoms with van der Waals surface area (Å²) in [6.45, 7) is 2.05. The third-order valence-electron chi connectivity index (χ3n) is 2.78. The highest BCUT2D eigenvalue weighted by atomic mass is 35.5. The molecule has 1 aromatic heterocycles. The molecule has 0 spiro atoms. The number of nitrogen functional groups attached to an aromatic ring is 1. The van der Waals surface area contributed by atoms with Crippen molar-refractivity contribution >= 4 is 17.5 Å². The van der Waals surface area contributed by atoms with E-state index in [1.54, 1.807) is 0 Å². The Hall–Kier alpha value is -1.11. The molecule has 17 heavy (non-hydrogen) atoms. The van der Waals surface area contributed by atoms with Gasteiger partial charge >= 0.3 is 0 Å². The molecule has 0 amide bonds. The van der Waals surface area contributed by atoms with E-state index >= 15 is 0 Å². The molecule has 1 aliphatic heterocycles. The molecule has 0 aromatic carbocycles. The Bertz CT molecular complexity index is 381. The minimum absolute atomic E-state index is 0.157. The lowest BCUT2D eigenvalue weighted by molar-refractivity contribution is 0.110. The number of likely N-dealkylation sites (tertiary alicyclic amines) is 1. The Kier molecular flexibility index (Phi) is 3.98. The molecule has 0 atom stereocenters. The predicted molar refractivity (Wildman–Crippen MR) is 66.0 cm³/mol. The monoisotopic (exact) mass is 257 g/mol. The first kappa shape index (κ1) is 12.3. The van der Waals surface area contributed by atoms with Crippen LogP contribution in [0.4, 0.5) is 5.95 Å².